The Balaban J connectivity index is 1.31. The third-order valence-electron chi connectivity index (χ3n) is 5.43. The van der Waals surface area contributed by atoms with E-state index in [9.17, 15) is 13.2 Å². The molecule has 2 aliphatic heterocycles. The summed E-state index contributed by atoms with van der Waals surface area (Å²) in [5.74, 6) is 0.960. The molecule has 0 saturated carbocycles. The van der Waals surface area contributed by atoms with Crippen LogP contribution in [0.1, 0.15) is 25.7 Å². The largest absolute Gasteiger partial charge is 0.454 e. The molecule has 0 aliphatic carbocycles. The maximum absolute atomic E-state index is 12.3. The molecular weight excluding hydrogens is 418 g/mol. The van der Waals surface area contributed by atoms with E-state index >= 15 is 0 Å². The van der Waals surface area contributed by atoms with Gasteiger partial charge in [-0.1, -0.05) is 0 Å². The van der Waals surface area contributed by atoms with Gasteiger partial charge in [-0.25, -0.2) is 8.42 Å². The van der Waals surface area contributed by atoms with E-state index in [1.807, 2.05) is 24.3 Å². The molecule has 2 aliphatic rings. The van der Waals surface area contributed by atoms with Gasteiger partial charge in [-0.2, -0.15) is 0 Å². The van der Waals surface area contributed by atoms with Crippen LogP contribution >= 0.6 is 0 Å². The molecule has 1 N–H and O–H groups in total. The second-order valence-corrected chi connectivity index (χ2v) is 9.67. The van der Waals surface area contributed by atoms with E-state index in [-0.39, 0.29) is 25.7 Å². The average Bonchev–Trinajstić information content (AvgIpc) is 3.42. The second-order valence-electron chi connectivity index (χ2n) is 7.77. The molecule has 1 fully saturated rings. The van der Waals surface area contributed by atoms with Crippen molar-refractivity contribution in [1.29, 1.82) is 0 Å². The fourth-order valence-corrected chi connectivity index (χ4v) is 4.82. The number of carbonyl (C=O) groups is 1. The van der Waals surface area contributed by atoms with Crippen LogP contribution in [0.2, 0.25) is 0 Å². The Hall–Kier alpha value is -2.94. The number of hydrogen-bond donors (Lipinski definition) is 1. The lowest BCUT2D eigenvalue weighted by molar-refractivity contribution is -0.116. The maximum Gasteiger partial charge on any atom is 0.232 e. The van der Waals surface area contributed by atoms with Gasteiger partial charge < -0.3 is 19.7 Å². The summed E-state index contributed by atoms with van der Waals surface area (Å²) in [4.78, 5) is 14.7. The molecule has 1 saturated heterocycles. The van der Waals surface area contributed by atoms with E-state index in [2.05, 4.69) is 10.2 Å². The van der Waals surface area contributed by atoms with Crippen molar-refractivity contribution in [3.63, 3.8) is 0 Å². The van der Waals surface area contributed by atoms with Gasteiger partial charge in [0.15, 0.2) is 11.5 Å². The Morgan fingerprint density at radius 2 is 1.77 bits per heavy atom. The minimum atomic E-state index is -3.50. The second kappa shape index (κ2) is 9.05. The SMILES string of the molecule is CS(=O)(=O)N(CCCC(=O)Nc1ccc(N2CCCC2)cc1)c1ccc2c(c1)OCO2. The zero-order valence-electron chi connectivity index (χ0n) is 17.5. The lowest BCUT2D eigenvalue weighted by atomic mass is 10.2. The predicted octanol–water partition coefficient (Wildman–Crippen LogP) is 3.20. The van der Waals surface area contributed by atoms with Crippen molar-refractivity contribution in [3.05, 3.63) is 42.5 Å². The molecule has 2 heterocycles. The molecule has 2 aromatic rings. The number of anilines is 3. The summed E-state index contributed by atoms with van der Waals surface area (Å²) in [5, 5.41) is 2.88. The van der Waals surface area contributed by atoms with E-state index in [0.717, 1.165) is 25.0 Å². The maximum atomic E-state index is 12.3. The summed E-state index contributed by atoms with van der Waals surface area (Å²) >= 11 is 0. The third-order valence-corrected chi connectivity index (χ3v) is 6.63. The number of sulfonamides is 1. The van der Waals surface area contributed by atoms with Crippen molar-refractivity contribution >= 4 is 33.0 Å². The monoisotopic (exact) mass is 445 g/mol. The van der Waals surface area contributed by atoms with Gasteiger partial charge in [0.2, 0.25) is 22.7 Å². The van der Waals surface area contributed by atoms with E-state index in [4.69, 9.17) is 9.47 Å². The van der Waals surface area contributed by atoms with E-state index in [0.29, 0.717) is 23.6 Å². The van der Waals surface area contributed by atoms with Gasteiger partial charge in [0.25, 0.3) is 0 Å². The van der Waals surface area contributed by atoms with Crippen LogP contribution in [0.5, 0.6) is 11.5 Å². The highest BCUT2D eigenvalue weighted by Crippen LogP contribution is 2.36. The topological polar surface area (TPSA) is 88.2 Å². The van der Waals surface area contributed by atoms with Crippen molar-refractivity contribution in [1.82, 2.24) is 0 Å². The molecular formula is C22H27N3O5S. The predicted molar refractivity (Wildman–Crippen MR) is 121 cm³/mol. The summed E-state index contributed by atoms with van der Waals surface area (Å²) in [7, 11) is -3.50. The first kappa shape index (κ1) is 21.3. The standard InChI is InChI=1S/C22H27N3O5S/c1-31(27,28)25(19-10-11-20-21(15-19)30-16-29-20)14-4-5-22(26)23-17-6-8-18(9-7-17)24-12-2-3-13-24/h6-11,15H,2-5,12-14,16H2,1H3,(H,23,26). The molecule has 4 rings (SSSR count). The van der Waals surface area contributed by atoms with Gasteiger partial charge in [0, 0.05) is 43.5 Å². The highest BCUT2D eigenvalue weighted by atomic mass is 32.2. The van der Waals surface area contributed by atoms with Crippen LogP contribution in [0.25, 0.3) is 0 Å². The summed E-state index contributed by atoms with van der Waals surface area (Å²) in [6.45, 7) is 2.47. The molecule has 31 heavy (non-hydrogen) atoms. The number of nitrogens with zero attached hydrogens (tertiary/aromatic N) is 2. The number of hydrogen-bond acceptors (Lipinski definition) is 6. The minimum absolute atomic E-state index is 0.122. The fourth-order valence-electron chi connectivity index (χ4n) is 3.86. The van der Waals surface area contributed by atoms with Crippen molar-refractivity contribution < 1.29 is 22.7 Å². The number of ether oxygens (including phenoxy) is 2. The Labute approximate surface area is 182 Å². The zero-order valence-corrected chi connectivity index (χ0v) is 18.4. The van der Waals surface area contributed by atoms with Gasteiger partial charge in [-0.05, 0) is 55.7 Å². The van der Waals surface area contributed by atoms with Crippen molar-refractivity contribution in [2.24, 2.45) is 0 Å². The van der Waals surface area contributed by atoms with Crippen LogP contribution in [0.3, 0.4) is 0 Å². The van der Waals surface area contributed by atoms with Crippen LogP contribution in [-0.4, -0.2) is 47.0 Å². The molecule has 9 heteroatoms. The Morgan fingerprint density at radius 3 is 2.48 bits per heavy atom. The zero-order chi connectivity index (χ0) is 21.8. The van der Waals surface area contributed by atoms with Crippen molar-refractivity contribution in [2.45, 2.75) is 25.7 Å². The third kappa shape index (κ3) is 5.22. The van der Waals surface area contributed by atoms with Gasteiger partial charge >= 0.3 is 0 Å². The van der Waals surface area contributed by atoms with Crippen LogP contribution in [0, 0.1) is 0 Å². The summed E-state index contributed by atoms with van der Waals surface area (Å²) < 4.78 is 36.5. The lowest BCUT2D eigenvalue weighted by Gasteiger charge is -2.22. The summed E-state index contributed by atoms with van der Waals surface area (Å²) in [6.07, 6.45) is 4.19. The Kier molecular flexibility index (Phi) is 6.22. The van der Waals surface area contributed by atoms with Crippen LogP contribution in [-0.2, 0) is 14.8 Å². The fraction of sp³-hybridized carbons (Fsp3) is 0.409. The number of amides is 1. The molecule has 166 valence electrons. The smallest absolute Gasteiger partial charge is 0.232 e. The number of fused-ring (bicyclic) bond motifs is 1. The van der Waals surface area contributed by atoms with Crippen molar-refractivity contribution in [3.8, 4) is 11.5 Å². The molecule has 0 spiro atoms. The van der Waals surface area contributed by atoms with E-state index in [1.165, 1.54) is 22.8 Å². The highest BCUT2D eigenvalue weighted by Gasteiger charge is 2.21. The van der Waals surface area contributed by atoms with Crippen LogP contribution in [0.4, 0.5) is 17.1 Å². The van der Waals surface area contributed by atoms with Crippen LogP contribution < -0.4 is 24.0 Å². The molecule has 1 amide bonds. The lowest BCUT2D eigenvalue weighted by Crippen LogP contribution is -2.31. The first-order valence-electron chi connectivity index (χ1n) is 10.4. The minimum Gasteiger partial charge on any atom is -0.454 e. The number of carbonyl (C=O) groups excluding carboxylic acids is 1. The van der Waals surface area contributed by atoms with E-state index in [1.54, 1.807) is 18.2 Å². The summed E-state index contributed by atoms with van der Waals surface area (Å²) in [6, 6.07) is 12.9. The van der Waals surface area contributed by atoms with Crippen molar-refractivity contribution in [2.75, 3.05) is 47.2 Å². The summed E-state index contributed by atoms with van der Waals surface area (Å²) in [5.41, 5.74) is 2.40. The van der Waals surface area contributed by atoms with Gasteiger partial charge in [-0.3, -0.25) is 9.10 Å². The average molecular weight is 446 g/mol. The Bertz CT molecular complexity index is 1030. The van der Waals surface area contributed by atoms with Gasteiger partial charge in [0.1, 0.15) is 0 Å². The molecule has 0 atom stereocenters. The molecule has 0 aromatic heterocycles. The van der Waals surface area contributed by atoms with Crippen LogP contribution in [0.15, 0.2) is 42.5 Å². The Morgan fingerprint density at radius 1 is 1.06 bits per heavy atom. The van der Waals surface area contributed by atoms with Gasteiger partial charge in [0.05, 0.1) is 11.9 Å². The quantitative estimate of drug-likeness (QED) is 0.671. The number of rotatable bonds is 8. The van der Waals surface area contributed by atoms with Gasteiger partial charge in [-0.15, -0.1) is 0 Å². The van der Waals surface area contributed by atoms with E-state index < -0.39 is 10.0 Å². The molecule has 2 aromatic carbocycles. The molecule has 8 nitrogen and oxygen atoms in total. The highest BCUT2D eigenvalue weighted by molar-refractivity contribution is 7.92. The molecule has 0 radical (unpaired) electrons. The first-order valence-corrected chi connectivity index (χ1v) is 12.3. The first-order chi connectivity index (χ1) is 14.9. The number of nitrogens with one attached hydrogen (secondary N) is 1. The molecule has 0 bridgehead atoms. The number of benzene rings is 2. The molecule has 0 unspecified atom stereocenters. The normalized spacial score (nSPS) is 15.2.